The number of rotatable bonds is 5. The van der Waals surface area contributed by atoms with E-state index in [9.17, 15) is 13.2 Å². The Kier molecular flexibility index (Phi) is 4.57. The quantitative estimate of drug-likeness (QED) is 0.626. The van der Waals surface area contributed by atoms with E-state index in [1.807, 2.05) is 0 Å². The lowest BCUT2D eigenvalue weighted by molar-refractivity contribution is -0.0914. The van der Waals surface area contributed by atoms with Crippen LogP contribution in [0, 0.1) is 17.5 Å². The Bertz CT molecular complexity index is 356. The lowest BCUT2D eigenvalue weighted by atomic mass is 10.3. The average molecular weight is 235 g/mol. The lowest BCUT2D eigenvalue weighted by Crippen LogP contribution is -2.24. The van der Waals surface area contributed by atoms with Crippen molar-refractivity contribution in [3.63, 3.8) is 0 Å². The molecule has 0 aliphatic carbocycles. The maximum Gasteiger partial charge on any atom is 0.196 e. The summed E-state index contributed by atoms with van der Waals surface area (Å²) in [7, 11) is 2.83. The molecule has 90 valence electrons. The first-order chi connectivity index (χ1) is 7.60. The van der Waals surface area contributed by atoms with Crippen LogP contribution in [-0.2, 0) is 9.47 Å². The van der Waals surface area contributed by atoms with Crippen LogP contribution in [0.5, 0.6) is 0 Å². The molecule has 0 aromatic heterocycles. The third-order valence-corrected chi connectivity index (χ3v) is 2.02. The predicted octanol–water partition coefficient (Wildman–Crippen LogP) is 2.13. The predicted molar refractivity (Wildman–Crippen MR) is 52.6 cm³/mol. The van der Waals surface area contributed by atoms with Crippen LogP contribution < -0.4 is 5.32 Å². The summed E-state index contributed by atoms with van der Waals surface area (Å²) < 4.78 is 48.3. The molecule has 6 heteroatoms. The summed E-state index contributed by atoms with van der Waals surface area (Å²) in [6.45, 7) is 0.120. The van der Waals surface area contributed by atoms with Gasteiger partial charge in [0.1, 0.15) is 0 Å². The fourth-order valence-corrected chi connectivity index (χ4v) is 1.12. The van der Waals surface area contributed by atoms with Gasteiger partial charge in [-0.3, -0.25) is 0 Å². The van der Waals surface area contributed by atoms with Crippen molar-refractivity contribution in [3.8, 4) is 0 Å². The van der Waals surface area contributed by atoms with Crippen molar-refractivity contribution in [2.75, 3.05) is 26.1 Å². The number of methoxy groups -OCH3 is 2. The number of benzene rings is 1. The molecule has 16 heavy (non-hydrogen) atoms. The summed E-state index contributed by atoms with van der Waals surface area (Å²) in [5, 5.41) is 2.55. The molecule has 0 fully saturated rings. The van der Waals surface area contributed by atoms with Crippen LogP contribution >= 0.6 is 0 Å². The molecule has 0 saturated carbocycles. The van der Waals surface area contributed by atoms with Crippen LogP contribution in [-0.4, -0.2) is 27.1 Å². The first-order valence-electron chi connectivity index (χ1n) is 4.53. The molecule has 0 radical (unpaired) electrons. The molecule has 1 aromatic carbocycles. The molecule has 0 heterocycles. The second kappa shape index (κ2) is 5.72. The van der Waals surface area contributed by atoms with Crippen LogP contribution in [0.15, 0.2) is 12.1 Å². The van der Waals surface area contributed by atoms with Crippen molar-refractivity contribution in [2.45, 2.75) is 6.29 Å². The van der Waals surface area contributed by atoms with E-state index >= 15 is 0 Å². The minimum Gasteiger partial charge on any atom is -0.377 e. The molecule has 0 bridgehead atoms. The maximum absolute atomic E-state index is 13.2. The molecule has 1 N–H and O–H groups in total. The molecular formula is C10H12F3NO2. The minimum absolute atomic E-state index is 0.120. The fourth-order valence-electron chi connectivity index (χ4n) is 1.12. The molecular weight excluding hydrogens is 223 g/mol. The van der Waals surface area contributed by atoms with E-state index in [1.165, 1.54) is 14.2 Å². The Morgan fingerprint density at radius 1 is 1.12 bits per heavy atom. The van der Waals surface area contributed by atoms with Gasteiger partial charge >= 0.3 is 0 Å². The Morgan fingerprint density at radius 2 is 1.75 bits per heavy atom. The van der Waals surface area contributed by atoms with Crippen LogP contribution in [0.1, 0.15) is 0 Å². The number of anilines is 1. The van der Waals surface area contributed by atoms with Gasteiger partial charge in [-0.05, 0) is 12.1 Å². The summed E-state index contributed by atoms with van der Waals surface area (Å²) in [5.74, 6) is -3.99. The smallest absolute Gasteiger partial charge is 0.196 e. The normalized spacial score (nSPS) is 10.9. The Morgan fingerprint density at radius 3 is 2.31 bits per heavy atom. The first-order valence-corrected chi connectivity index (χ1v) is 4.53. The van der Waals surface area contributed by atoms with Gasteiger partial charge < -0.3 is 14.8 Å². The van der Waals surface area contributed by atoms with Gasteiger partial charge in [0.2, 0.25) is 0 Å². The van der Waals surface area contributed by atoms with Crippen LogP contribution in [0.3, 0.4) is 0 Å². The second-order valence-corrected chi connectivity index (χ2v) is 3.00. The van der Waals surface area contributed by atoms with Crippen LogP contribution in [0.4, 0.5) is 18.9 Å². The van der Waals surface area contributed by atoms with Gasteiger partial charge in [0.15, 0.2) is 23.7 Å². The standard InChI is InChI=1S/C10H12F3NO2/c1-15-8(16-2)5-14-7-4-3-6(11)9(12)10(7)13/h3-4,8,14H,5H2,1-2H3. The zero-order valence-corrected chi connectivity index (χ0v) is 8.89. The van der Waals surface area contributed by atoms with Crippen molar-refractivity contribution in [1.29, 1.82) is 0 Å². The topological polar surface area (TPSA) is 30.5 Å². The number of hydrogen-bond acceptors (Lipinski definition) is 3. The number of hydrogen-bond donors (Lipinski definition) is 1. The average Bonchev–Trinajstić information content (AvgIpc) is 2.30. The van der Waals surface area contributed by atoms with E-state index < -0.39 is 23.7 Å². The number of nitrogens with one attached hydrogen (secondary N) is 1. The zero-order valence-electron chi connectivity index (χ0n) is 8.89. The summed E-state index contributed by atoms with van der Waals surface area (Å²) in [6, 6.07) is 1.95. The van der Waals surface area contributed by atoms with E-state index in [2.05, 4.69) is 5.32 Å². The maximum atomic E-state index is 13.2. The molecule has 0 unspecified atom stereocenters. The van der Waals surface area contributed by atoms with Gasteiger partial charge in [0.25, 0.3) is 0 Å². The van der Waals surface area contributed by atoms with Crippen molar-refractivity contribution in [1.82, 2.24) is 0 Å². The van der Waals surface area contributed by atoms with Crippen molar-refractivity contribution < 1.29 is 22.6 Å². The van der Waals surface area contributed by atoms with E-state index in [1.54, 1.807) is 0 Å². The molecule has 1 rings (SSSR count). The highest BCUT2D eigenvalue weighted by Crippen LogP contribution is 2.19. The van der Waals surface area contributed by atoms with Gasteiger partial charge in [0.05, 0.1) is 12.2 Å². The van der Waals surface area contributed by atoms with Crippen LogP contribution in [0.25, 0.3) is 0 Å². The molecule has 0 amide bonds. The molecule has 0 aliphatic rings. The molecule has 3 nitrogen and oxygen atoms in total. The molecule has 1 aromatic rings. The number of ether oxygens (including phenoxy) is 2. The van der Waals surface area contributed by atoms with E-state index in [-0.39, 0.29) is 12.2 Å². The largest absolute Gasteiger partial charge is 0.377 e. The Labute approximate surface area is 91.2 Å². The lowest BCUT2D eigenvalue weighted by Gasteiger charge is -2.15. The number of halogens is 3. The van der Waals surface area contributed by atoms with Crippen molar-refractivity contribution >= 4 is 5.69 Å². The fraction of sp³-hybridized carbons (Fsp3) is 0.400. The molecule has 0 aliphatic heterocycles. The summed E-state index contributed by atoms with van der Waals surface area (Å²) in [5.41, 5.74) is -0.141. The van der Waals surface area contributed by atoms with Gasteiger partial charge in [-0.25, -0.2) is 13.2 Å². The SMILES string of the molecule is COC(CNc1ccc(F)c(F)c1F)OC. The highest BCUT2D eigenvalue weighted by atomic mass is 19.2. The molecule has 0 atom stereocenters. The monoisotopic (exact) mass is 235 g/mol. The van der Waals surface area contributed by atoms with Crippen molar-refractivity contribution in [3.05, 3.63) is 29.6 Å². The first kappa shape index (κ1) is 12.8. The van der Waals surface area contributed by atoms with Crippen molar-refractivity contribution in [2.24, 2.45) is 0 Å². The van der Waals surface area contributed by atoms with Gasteiger partial charge in [-0.15, -0.1) is 0 Å². The third-order valence-electron chi connectivity index (χ3n) is 2.02. The van der Waals surface area contributed by atoms with Crippen LogP contribution in [0.2, 0.25) is 0 Å². The zero-order chi connectivity index (χ0) is 12.1. The second-order valence-electron chi connectivity index (χ2n) is 3.00. The Balaban J connectivity index is 2.71. The highest BCUT2D eigenvalue weighted by Gasteiger charge is 2.14. The minimum atomic E-state index is -1.50. The third kappa shape index (κ3) is 2.86. The van der Waals surface area contributed by atoms with Gasteiger partial charge in [-0.1, -0.05) is 0 Å². The summed E-state index contributed by atoms with van der Waals surface area (Å²) in [4.78, 5) is 0. The van der Waals surface area contributed by atoms with E-state index in [0.29, 0.717) is 0 Å². The van der Waals surface area contributed by atoms with Gasteiger partial charge in [0, 0.05) is 14.2 Å². The highest BCUT2D eigenvalue weighted by molar-refractivity contribution is 5.45. The molecule has 0 saturated heterocycles. The van der Waals surface area contributed by atoms with E-state index in [4.69, 9.17) is 9.47 Å². The summed E-state index contributed by atoms with van der Waals surface area (Å²) >= 11 is 0. The molecule has 0 spiro atoms. The van der Waals surface area contributed by atoms with E-state index in [0.717, 1.165) is 12.1 Å². The Hall–Kier alpha value is -1.27. The van der Waals surface area contributed by atoms with Gasteiger partial charge in [-0.2, -0.15) is 0 Å². The summed E-state index contributed by atoms with van der Waals surface area (Å²) in [6.07, 6.45) is -0.590.